The van der Waals surface area contributed by atoms with Crippen LogP contribution in [0.2, 0.25) is 0 Å². The van der Waals surface area contributed by atoms with Gasteiger partial charge in [-0.15, -0.1) is 0 Å². The van der Waals surface area contributed by atoms with Crippen LogP contribution in [0, 0.1) is 0 Å². The highest BCUT2D eigenvalue weighted by atomic mass is 16.4. The number of benzene rings is 1. The van der Waals surface area contributed by atoms with Crippen molar-refractivity contribution in [1.29, 1.82) is 0 Å². The average Bonchev–Trinajstić information content (AvgIpc) is 2.89. The normalized spacial score (nSPS) is 12.3. The molecule has 0 aliphatic rings. The van der Waals surface area contributed by atoms with Crippen molar-refractivity contribution in [3.63, 3.8) is 0 Å². The van der Waals surface area contributed by atoms with Gasteiger partial charge >= 0.3 is 5.97 Å². The summed E-state index contributed by atoms with van der Waals surface area (Å²) in [5.74, 6) is -0.795. The Hall–Kier alpha value is -2.07. The van der Waals surface area contributed by atoms with E-state index < -0.39 is 5.97 Å². The Labute approximate surface area is 125 Å². The van der Waals surface area contributed by atoms with Crippen molar-refractivity contribution in [1.82, 2.24) is 9.88 Å². The minimum Gasteiger partial charge on any atom is -0.481 e. The molecule has 0 amide bonds. The molecule has 0 fully saturated rings. The van der Waals surface area contributed by atoms with E-state index in [1.54, 1.807) is 0 Å². The maximum Gasteiger partial charge on any atom is 0.307 e. The number of aliphatic carboxylic acids is 1. The molecular formula is C17H22N2O2. The predicted molar refractivity (Wildman–Crippen MR) is 83.4 cm³/mol. The molecule has 1 atom stereocenters. The number of rotatable bonds is 7. The molecule has 1 aromatic carbocycles. The summed E-state index contributed by atoms with van der Waals surface area (Å²) in [4.78, 5) is 10.9. The molecule has 0 spiro atoms. The zero-order valence-electron chi connectivity index (χ0n) is 12.5. The Morgan fingerprint density at radius 3 is 2.67 bits per heavy atom. The molecule has 0 bridgehead atoms. The van der Waals surface area contributed by atoms with Gasteiger partial charge in [0.05, 0.1) is 6.42 Å². The lowest BCUT2D eigenvalue weighted by atomic mass is 10.0. The van der Waals surface area contributed by atoms with Gasteiger partial charge in [0.2, 0.25) is 0 Å². The quantitative estimate of drug-likeness (QED) is 0.823. The Morgan fingerprint density at radius 2 is 2.00 bits per heavy atom. The SMILES string of the molecule is CCNC(C)c1ccn(Cc2ccccc2CC(=O)O)c1. The van der Waals surface area contributed by atoms with E-state index in [0.717, 1.165) is 17.7 Å². The summed E-state index contributed by atoms with van der Waals surface area (Å²) >= 11 is 0. The van der Waals surface area contributed by atoms with E-state index in [-0.39, 0.29) is 6.42 Å². The van der Waals surface area contributed by atoms with Gasteiger partial charge in [0.1, 0.15) is 0 Å². The summed E-state index contributed by atoms with van der Waals surface area (Å²) in [6.07, 6.45) is 4.23. The first-order valence-corrected chi connectivity index (χ1v) is 7.27. The number of nitrogens with one attached hydrogen (secondary N) is 1. The van der Waals surface area contributed by atoms with E-state index in [4.69, 9.17) is 5.11 Å². The third-order valence-corrected chi connectivity index (χ3v) is 3.60. The lowest BCUT2D eigenvalue weighted by molar-refractivity contribution is -0.136. The highest BCUT2D eigenvalue weighted by Crippen LogP contribution is 2.16. The summed E-state index contributed by atoms with van der Waals surface area (Å²) in [6.45, 7) is 5.87. The van der Waals surface area contributed by atoms with E-state index in [1.807, 2.05) is 30.5 Å². The fourth-order valence-electron chi connectivity index (χ4n) is 2.48. The molecule has 112 valence electrons. The summed E-state index contributed by atoms with van der Waals surface area (Å²) in [5, 5.41) is 12.4. The van der Waals surface area contributed by atoms with Crippen LogP contribution < -0.4 is 5.32 Å². The Kier molecular flexibility index (Phi) is 5.17. The van der Waals surface area contributed by atoms with Gasteiger partial charge < -0.3 is 15.0 Å². The van der Waals surface area contributed by atoms with Crippen molar-refractivity contribution in [2.45, 2.75) is 32.9 Å². The van der Waals surface area contributed by atoms with Gasteiger partial charge in [-0.05, 0) is 36.2 Å². The number of carbonyl (C=O) groups is 1. The first-order chi connectivity index (χ1) is 10.1. The second-order valence-electron chi connectivity index (χ2n) is 5.24. The molecule has 0 saturated carbocycles. The van der Waals surface area contributed by atoms with Crippen LogP contribution in [0.1, 0.15) is 36.6 Å². The second kappa shape index (κ2) is 7.09. The molecule has 0 saturated heterocycles. The van der Waals surface area contributed by atoms with Crippen LogP contribution in [0.25, 0.3) is 0 Å². The third kappa shape index (κ3) is 4.20. The first kappa shape index (κ1) is 15.3. The number of hydrogen-bond donors (Lipinski definition) is 2. The Bertz CT molecular complexity index is 604. The summed E-state index contributed by atoms with van der Waals surface area (Å²) in [7, 11) is 0. The molecular weight excluding hydrogens is 264 g/mol. The largest absolute Gasteiger partial charge is 0.481 e. The van der Waals surface area contributed by atoms with Crippen molar-refractivity contribution in [2.75, 3.05) is 6.54 Å². The molecule has 1 heterocycles. The van der Waals surface area contributed by atoms with Crippen molar-refractivity contribution < 1.29 is 9.90 Å². The average molecular weight is 286 g/mol. The number of carboxylic acid groups (broad SMARTS) is 1. The smallest absolute Gasteiger partial charge is 0.307 e. The number of hydrogen-bond acceptors (Lipinski definition) is 2. The molecule has 1 aromatic heterocycles. The fourth-order valence-corrected chi connectivity index (χ4v) is 2.48. The van der Waals surface area contributed by atoms with E-state index in [9.17, 15) is 4.79 Å². The summed E-state index contributed by atoms with van der Waals surface area (Å²) in [5.41, 5.74) is 3.17. The summed E-state index contributed by atoms with van der Waals surface area (Å²) in [6, 6.07) is 10.1. The molecule has 0 aliphatic carbocycles. The van der Waals surface area contributed by atoms with E-state index in [1.165, 1.54) is 5.56 Å². The standard InChI is InChI=1S/C17H22N2O2/c1-3-18-13(2)15-8-9-19(11-15)12-16-7-5-4-6-14(16)10-17(20)21/h4-9,11,13,18H,3,10,12H2,1-2H3,(H,20,21). The monoisotopic (exact) mass is 286 g/mol. The maximum atomic E-state index is 10.9. The van der Waals surface area contributed by atoms with Crippen LogP contribution in [-0.4, -0.2) is 22.2 Å². The fraction of sp³-hybridized carbons (Fsp3) is 0.353. The van der Waals surface area contributed by atoms with Crippen LogP contribution >= 0.6 is 0 Å². The Morgan fingerprint density at radius 1 is 1.29 bits per heavy atom. The topological polar surface area (TPSA) is 54.3 Å². The van der Waals surface area contributed by atoms with E-state index in [0.29, 0.717) is 12.6 Å². The molecule has 21 heavy (non-hydrogen) atoms. The Balaban J connectivity index is 2.13. The number of aromatic nitrogens is 1. The van der Waals surface area contributed by atoms with Gasteiger partial charge in [0, 0.05) is 25.0 Å². The van der Waals surface area contributed by atoms with Crippen molar-refractivity contribution >= 4 is 5.97 Å². The molecule has 4 heteroatoms. The first-order valence-electron chi connectivity index (χ1n) is 7.27. The number of carboxylic acids is 1. The highest BCUT2D eigenvalue weighted by molar-refractivity contribution is 5.70. The van der Waals surface area contributed by atoms with Crippen molar-refractivity contribution in [2.24, 2.45) is 0 Å². The van der Waals surface area contributed by atoms with Crippen molar-refractivity contribution in [3.8, 4) is 0 Å². The van der Waals surface area contributed by atoms with Gasteiger partial charge in [-0.2, -0.15) is 0 Å². The van der Waals surface area contributed by atoms with Crippen LogP contribution in [0.15, 0.2) is 42.7 Å². The second-order valence-corrected chi connectivity index (χ2v) is 5.24. The van der Waals surface area contributed by atoms with Crippen molar-refractivity contribution in [3.05, 3.63) is 59.4 Å². The lowest BCUT2D eigenvalue weighted by Crippen LogP contribution is -2.17. The van der Waals surface area contributed by atoms with Gasteiger partial charge in [-0.1, -0.05) is 31.2 Å². The summed E-state index contributed by atoms with van der Waals surface area (Å²) < 4.78 is 2.10. The lowest BCUT2D eigenvalue weighted by Gasteiger charge is -2.11. The minimum absolute atomic E-state index is 0.0676. The maximum absolute atomic E-state index is 10.9. The molecule has 0 aliphatic heterocycles. The molecule has 0 radical (unpaired) electrons. The van der Waals surface area contributed by atoms with Gasteiger partial charge in [0.15, 0.2) is 0 Å². The molecule has 1 unspecified atom stereocenters. The zero-order chi connectivity index (χ0) is 15.2. The minimum atomic E-state index is -0.795. The van der Waals surface area contributed by atoms with Crippen LogP contribution in [0.3, 0.4) is 0 Å². The molecule has 4 nitrogen and oxygen atoms in total. The van der Waals surface area contributed by atoms with E-state index in [2.05, 4.69) is 36.0 Å². The van der Waals surface area contributed by atoms with E-state index >= 15 is 0 Å². The highest BCUT2D eigenvalue weighted by Gasteiger charge is 2.09. The van der Waals surface area contributed by atoms with Gasteiger partial charge in [-0.3, -0.25) is 4.79 Å². The molecule has 2 N–H and O–H groups in total. The molecule has 2 aromatic rings. The number of nitrogens with zero attached hydrogens (tertiary/aromatic N) is 1. The van der Waals surface area contributed by atoms with Gasteiger partial charge in [-0.25, -0.2) is 0 Å². The van der Waals surface area contributed by atoms with Gasteiger partial charge in [0.25, 0.3) is 0 Å². The predicted octanol–water partition coefficient (Wildman–Crippen LogP) is 2.83. The van der Waals surface area contributed by atoms with Crippen LogP contribution in [0.4, 0.5) is 0 Å². The van der Waals surface area contributed by atoms with Crippen LogP contribution in [-0.2, 0) is 17.8 Å². The third-order valence-electron chi connectivity index (χ3n) is 3.60. The zero-order valence-corrected chi connectivity index (χ0v) is 12.5. The van der Waals surface area contributed by atoms with Crippen LogP contribution in [0.5, 0.6) is 0 Å². The molecule has 2 rings (SSSR count).